The van der Waals surface area contributed by atoms with Gasteiger partial charge < -0.3 is 20.7 Å². The molecular weight excluding hydrogens is 149 g/mol. The van der Waals surface area contributed by atoms with E-state index < -0.39 is 12.4 Å². The van der Waals surface area contributed by atoms with E-state index in [1.54, 1.807) is 0 Å². The molecule has 5 nitrogen and oxygen atoms in total. The summed E-state index contributed by atoms with van der Waals surface area (Å²) >= 11 is 0. The molecule has 0 bridgehead atoms. The Morgan fingerprint density at radius 1 is 1.67 bits per heavy atom. The fraction of sp³-hybridized carbons (Fsp3) is 0.667. The van der Waals surface area contributed by atoms with Crippen LogP contribution in [0.25, 0.3) is 0 Å². The zero-order valence-corrected chi connectivity index (χ0v) is 5.30. The van der Waals surface area contributed by atoms with Crippen LogP contribution in [0.15, 0.2) is 0 Å². The van der Waals surface area contributed by atoms with E-state index in [1.165, 1.54) is 0 Å². The van der Waals surface area contributed by atoms with Crippen LogP contribution < -0.4 is 5.73 Å². The highest BCUT2D eigenvalue weighted by Gasteiger charge is 2.02. The van der Waals surface area contributed by atoms with Gasteiger partial charge in [-0.1, -0.05) is 0 Å². The van der Waals surface area contributed by atoms with Crippen molar-refractivity contribution < 1.29 is 19.7 Å². The van der Waals surface area contributed by atoms with Crippen LogP contribution in [0, 0.1) is 0 Å². The molecule has 0 aromatic rings. The molecule has 0 rings (SSSR count). The van der Waals surface area contributed by atoms with Gasteiger partial charge in [-0.3, -0.25) is 4.79 Å². The van der Waals surface area contributed by atoms with Gasteiger partial charge in [0.15, 0.2) is 0 Å². The Bertz CT molecular complexity index is 85.9. The Kier molecular flexibility index (Phi) is 7.33. The van der Waals surface area contributed by atoms with Crippen molar-refractivity contribution >= 4 is 18.4 Å². The molecule has 0 saturated carbocycles. The minimum Gasteiger partial charge on any atom is -0.410 e. The number of esters is 1. The minimum atomic E-state index is -2.05. The summed E-state index contributed by atoms with van der Waals surface area (Å²) in [4.78, 5) is 9.96. The van der Waals surface area contributed by atoms with Crippen molar-refractivity contribution in [3.05, 3.63) is 0 Å². The fourth-order valence-corrected chi connectivity index (χ4v) is 0.166. The molecule has 0 aliphatic rings. The molecule has 0 aliphatic heterocycles. The predicted octanol–water partition coefficient (Wildman–Crippen LogP) is -1.82. The van der Waals surface area contributed by atoms with Gasteiger partial charge in [0.1, 0.15) is 0 Å². The summed E-state index contributed by atoms with van der Waals surface area (Å²) in [6, 6.07) is 0. The third kappa shape index (κ3) is 7.64. The van der Waals surface area contributed by atoms with Crippen LogP contribution in [0.2, 0.25) is 0 Å². The fourth-order valence-electron chi connectivity index (χ4n) is 0.166. The van der Waals surface area contributed by atoms with Gasteiger partial charge in [-0.05, 0) is 0 Å². The van der Waals surface area contributed by atoms with Gasteiger partial charge in [0.25, 0.3) is 0 Å². The van der Waals surface area contributed by atoms with E-state index in [1.807, 2.05) is 0 Å². The molecule has 0 fully saturated rings. The van der Waals surface area contributed by atoms with Gasteiger partial charge in [-0.15, -0.1) is 12.4 Å². The highest BCUT2D eigenvalue weighted by Crippen LogP contribution is 1.78. The summed E-state index contributed by atoms with van der Waals surface area (Å²) in [6.07, 6.45) is 0. The molecule has 9 heavy (non-hydrogen) atoms. The van der Waals surface area contributed by atoms with E-state index in [0.717, 1.165) is 0 Å². The van der Waals surface area contributed by atoms with Crippen molar-refractivity contribution in [2.75, 3.05) is 6.54 Å². The van der Waals surface area contributed by atoms with Crippen LogP contribution in [-0.2, 0) is 9.53 Å². The number of aliphatic hydroxyl groups excluding tert-OH is 1. The number of nitrogens with two attached hydrogens (primary N) is 1. The number of halogens is 1. The third-order valence-corrected chi connectivity index (χ3v) is 0.404. The molecule has 6 heteroatoms. The van der Waals surface area contributed by atoms with E-state index >= 15 is 0 Å². The van der Waals surface area contributed by atoms with Gasteiger partial charge in [-0.25, -0.2) is 0 Å². The number of hydrogen-bond donors (Lipinski definition) is 3. The zero-order chi connectivity index (χ0) is 6.57. The molecule has 0 aromatic carbocycles. The molecule has 0 atom stereocenters. The number of carbonyl (C=O) groups excluding carboxylic acids is 1. The standard InChI is InChI=1S/C3H7NO4.ClH/c4-1-2(5)8-3(6)7;/h3,6-7H,1,4H2;1H. The van der Waals surface area contributed by atoms with Crippen LogP contribution in [0.5, 0.6) is 0 Å². The molecular formula is C3H8ClNO4. The molecule has 4 N–H and O–H groups in total. The smallest absolute Gasteiger partial charge is 0.323 e. The Labute approximate surface area is 57.8 Å². The highest BCUT2D eigenvalue weighted by atomic mass is 35.5. The first-order valence-electron chi connectivity index (χ1n) is 1.92. The monoisotopic (exact) mass is 157 g/mol. The maximum atomic E-state index is 9.96. The Hall–Kier alpha value is -0.360. The van der Waals surface area contributed by atoms with Crippen molar-refractivity contribution in [3.63, 3.8) is 0 Å². The molecule has 0 heterocycles. The van der Waals surface area contributed by atoms with Crippen LogP contribution >= 0.6 is 12.4 Å². The van der Waals surface area contributed by atoms with Crippen molar-refractivity contribution in [1.82, 2.24) is 0 Å². The van der Waals surface area contributed by atoms with Crippen molar-refractivity contribution in [2.24, 2.45) is 5.73 Å². The van der Waals surface area contributed by atoms with Crippen molar-refractivity contribution in [1.29, 1.82) is 0 Å². The molecule has 0 aromatic heterocycles. The van der Waals surface area contributed by atoms with Crippen LogP contribution in [0.1, 0.15) is 0 Å². The molecule has 0 aliphatic carbocycles. The number of ether oxygens (including phenoxy) is 1. The quantitative estimate of drug-likeness (QED) is 0.324. The first-order valence-corrected chi connectivity index (χ1v) is 1.92. The van der Waals surface area contributed by atoms with E-state index in [-0.39, 0.29) is 19.0 Å². The summed E-state index contributed by atoms with van der Waals surface area (Å²) in [5.41, 5.74) is 4.72. The van der Waals surface area contributed by atoms with E-state index in [0.29, 0.717) is 0 Å². The molecule has 0 amide bonds. The summed E-state index contributed by atoms with van der Waals surface area (Å²) < 4.78 is 3.75. The first kappa shape index (κ1) is 11.4. The average Bonchev–Trinajstić information content (AvgIpc) is 1.65. The summed E-state index contributed by atoms with van der Waals surface area (Å²) in [5, 5.41) is 15.8. The Morgan fingerprint density at radius 2 is 2.11 bits per heavy atom. The van der Waals surface area contributed by atoms with Crippen molar-refractivity contribution in [3.8, 4) is 0 Å². The zero-order valence-electron chi connectivity index (χ0n) is 4.48. The Morgan fingerprint density at radius 3 is 2.22 bits per heavy atom. The van der Waals surface area contributed by atoms with E-state index in [9.17, 15) is 4.79 Å². The maximum absolute atomic E-state index is 9.96. The van der Waals surface area contributed by atoms with Gasteiger partial charge in [0.2, 0.25) is 0 Å². The molecule has 0 saturated heterocycles. The summed E-state index contributed by atoms with van der Waals surface area (Å²) in [5.74, 6) is -0.847. The van der Waals surface area contributed by atoms with Gasteiger partial charge >= 0.3 is 12.4 Å². The first-order chi connectivity index (χ1) is 3.66. The van der Waals surface area contributed by atoms with E-state index in [4.69, 9.17) is 15.9 Å². The second-order valence-electron chi connectivity index (χ2n) is 1.02. The number of aliphatic hydroxyl groups is 2. The molecule has 0 radical (unpaired) electrons. The molecule has 0 unspecified atom stereocenters. The largest absolute Gasteiger partial charge is 0.410 e. The average molecular weight is 158 g/mol. The molecule has 0 spiro atoms. The van der Waals surface area contributed by atoms with Crippen LogP contribution in [0.4, 0.5) is 0 Å². The summed E-state index contributed by atoms with van der Waals surface area (Å²) in [6.45, 7) is -2.40. The second-order valence-corrected chi connectivity index (χ2v) is 1.02. The van der Waals surface area contributed by atoms with Gasteiger partial charge in [0, 0.05) is 0 Å². The highest BCUT2D eigenvalue weighted by molar-refractivity contribution is 5.85. The number of rotatable bonds is 2. The second kappa shape index (κ2) is 5.77. The maximum Gasteiger partial charge on any atom is 0.323 e. The lowest BCUT2D eigenvalue weighted by atomic mass is 10.7. The Balaban J connectivity index is 0. The van der Waals surface area contributed by atoms with E-state index in [2.05, 4.69) is 4.74 Å². The van der Waals surface area contributed by atoms with Gasteiger partial charge in [0.05, 0.1) is 6.54 Å². The number of carbonyl (C=O) groups is 1. The van der Waals surface area contributed by atoms with Crippen LogP contribution in [0.3, 0.4) is 0 Å². The minimum absolute atomic E-state index is 0. The molecule has 56 valence electrons. The predicted molar refractivity (Wildman–Crippen MR) is 30.6 cm³/mol. The SMILES string of the molecule is Cl.NCC(=O)OC(O)O. The third-order valence-electron chi connectivity index (χ3n) is 0.404. The topological polar surface area (TPSA) is 92.8 Å². The number of hydrogen-bond acceptors (Lipinski definition) is 5. The van der Waals surface area contributed by atoms with Crippen molar-refractivity contribution in [2.45, 2.75) is 6.48 Å². The lowest BCUT2D eigenvalue weighted by Crippen LogP contribution is -2.23. The lowest BCUT2D eigenvalue weighted by molar-refractivity contribution is -0.228. The lowest BCUT2D eigenvalue weighted by Gasteiger charge is -2.01. The normalized spacial score (nSPS) is 8.44. The van der Waals surface area contributed by atoms with Gasteiger partial charge in [-0.2, -0.15) is 0 Å². The van der Waals surface area contributed by atoms with Crippen LogP contribution in [-0.4, -0.2) is 29.2 Å². The summed E-state index contributed by atoms with van der Waals surface area (Å²) in [7, 11) is 0.